The molecule has 1 aliphatic carbocycles. The maximum absolute atomic E-state index is 13.1. The van der Waals surface area contributed by atoms with Gasteiger partial charge in [-0.1, -0.05) is 24.3 Å². The molecule has 1 aliphatic rings. The largest absolute Gasteiger partial charge is 0.451 e. The van der Waals surface area contributed by atoms with E-state index in [1.807, 2.05) is 0 Å². The quantitative estimate of drug-likeness (QED) is 0.464. The fraction of sp³-hybridized carbons (Fsp3) is 0.333. The van der Waals surface area contributed by atoms with Gasteiger partial charge in [-0.05, 0) is 34.3 Å². The third-order valence-corrected chi connectivity index (χ3v) is 4.84. The fourth-order valence-corrected chi connectivity index (χ4v) is 3.22. The van der Waals surface area contributed by atoms with Crippen molar-refractivity contribution in [3.63, 3.8) is 0 Å². The van der Waals surface area contributed by atoms with Crippen LogP contribution < -0.4 is 5.32 Å². The Kier molecular flexibility index (Phi) is 5.40. The van der Waals surface area contributed by atoms with Gasteiger partial charge in [0, 0.05) is 24.3 Å². The zero-order valence-corrected chi connectivity index (χ0v) is 17.1. The highest BCUT2D eigenvalue weighted by atomic mass is 79.9. The fourth-order valence-electron chi connectivity index (χ4n) is 2.88. The number of hydrogen-bond acceptors (Lipinski definition) is 5. The second-order valence-electron chi connectivity index (χ2n) is 6.89. The summed E-state index contributed by atoms with van der Waals surface area (Å²) >= 11 is 2.81. The van der Waals surface area contributed by atoms with E-state index in [0.29, 0.717) is 11.1 Å². The first-order chi connectivity index (χ1) is 14.5. The molecule has 164 valence electrons. The summed E-state index contributed by atoms with van der Waals surface area (Å²) in [5.41, 5.74) is 0.226. The van der Waals surface area contributed by atoms with Crippen LogP contribution in [0.15, 0.2) is 35.2 Å². The van der Waals surface area contributed by atoms with Crippen molar-refractivity contribution >= 4 is 21.9 Å². The first-order valence-corrected chi connectivity index (χ1v) is 9.78. The highest BCUT2D eigenvalue weighted by Crippen LogP contribution is 2.40. The molecule has 1 aromatic carbocycles. The molecule has 1 saturated carbocycles. The van der Waals surface area contributed by atoms with Crippen LogP contribution in [0.25, 0.3) is 11.4 Å². The third kappa shape index (κ3) is 4.97. The zero-order valence-electron chi connectivity index (χ0n) is 15.5. The third-order valence-electron chi connectivity index (χ3n) is 4.49. The summed E-state index contributed by atoms with van der Waals surface area (Å²) in [6, 6.07) is 6.52. The Morgan fingerprint density at radius 1 is 0.935 bits per heavy atom. The van der Waals surface area contributed by atoms with E-state index in [4.69, 9.17) is 0 Å². The van der Waals surface area contributed by atoms with E-state index in [2.05, 4.69) is 41.2 Å². The van der Waals surface area contributed by atoms with Crippen molar-refractivity contribution in [2.24, 2.45) is 0 Å². The first-order valence-electron chi connectivity index (χ1n) is 8.99. The Morgan fingerprint density at radius 2 is 1.61 bits per heavy atom. The Balaban J connectivity index is 1.51. The van der Waals surface area contributed by atoms with Gasteiger partial charge < -0.3 is 9.88 Å². The van der Waals surface area contributed by atoms with Gasteiger partial charge in [-0.3, -0.25) is 0 Å². The van der Waals surface area contributed by atoms with Gasteiger partial charge in [0.15, 0.2) is 5.69 Å². The lowest BCUT2D eigenvalue weighted by molar-refractivity contribution is -0.145. The molecule has 0 aliphatic heterocycles. The molecule has 6 nitrogen and oxygen atoms in total. The van der Waals surface area contributed by atoms with Gasteiger partial charge in [0.25, 0.3) is 0 Å². The summed E-state index contributed by atoms with van der Waals surface area (Å²) in [6.45, 7) is 0.0961. The number of hydrogen-bond donors (Lipinski definition) is 1. The lowest BCUT2D eigenvalue weighted by Gasteiger charge is -2.10. The van der Waals surface area contributed by atoms with E-state index in [1.54, 1.807) is 24.3 Å². The molecule has 0 saturated heterocycles. The minimum atomic E-state index is -4.72. The molecule has 31 heavy (non-hydrogen) atoms. The number of imidazole rings is 1. The summed E-state index contributed by atoms with van der Waals surface area (Å²) in [7, 11) is 0. The van der Waals surface area contributed by atoms with Gasteiger partial charge in [-0.2, -0.15) is 41.3 Å². The molecule has 3 aromatic rings. The molecule has 13 heteroatoms. The molecule has 2 heterocycles. The van der Waals surface area contributed by atoms with Crippen LogP contribution in [0.4, 0.5) is 32.3 Å². The number of rotatable bonds is 5. The second kappa shape index (κ2) is 7.77. The van der Waals surface area contributed by atoms with Gasteiger partial charge in [0.05, 0.1) is 0 Å². The SMILES string of the molecule is FC(F)(F)c1cn(C2CC2)c(-c2ccc(CNc3nc(Br)nc(C(F)(F)F)n3)cc2)n1. The lowest BCUT2D eigenvalue weighted by Crippen LogP contribution is -2.15. The molecule has 0 radical (unpaired) electrons. The molecule has 0 bridgehead atoms. The topological polar surface area (TPSA) is 68.5 Å². The van der Waals surface area contributed by atoms with Crippen molar-refractivity contribution in [1.82, 2.24) is 24.5 Å². The zero-order chi connectivity index (χ0) is 22.4. The van der Waals surface area contributed by atoms with Gasteiger partial charge in [-0.25, -0.2) is 4.98 Å². The van der Waals surface area contributed by atoms with E-state index in [-0.39, 0.29) is 29.1 Å². The average Bonchev–Trinajstić information content (AvgIpc) is 3.42. The van der Waals surface area contributed by atoms with Crippen LogP contribution in [0.2, 0.25) is 0 Å². The lowest BCUT2D eigenvalue weighted by atomic mass is 10.1. The molecular weight excluding hydrogens is 494 g/mol. The normalized spacial score (nSPS) is 14.7. The Morgan fingerprint density at radius 3 is 2.19 bits per heavy atom. The molecule has 1 fully saturated rings. The highest BCUT2D eigenvalue weighted by Gasteiger charge is 2.37. The number of benzene rings is 1. The Hall–Kier alpha value is -2.70. The molecule has 0 unspecified atom stereocenters. The van der Waals surface area contributed by atoms with Crippen molar-refractivity contribution in [2.45, 2.75) is 37.8 Å². The van der Waals surface area contributed by atoms with Crippen molar-refractivity contribution in [1.29, 1.82) is 0 Å². The van der Waals surface area contributed by atoms with Crippen LogP contribution in [0.1, 0.15) is 36.0 Å². The molecule has 0 spiro atoms. The summed E-state index contributed by atoms with van der Waals surface area (Å²) in [4.78, 5) is 14.0. The second-order valence-corrected chi connectivity index (χ2v) is 7.60. The molecule has 4 rings (SSSR count). The van der Waals surface area contributed by atoms with Crippen molar-refractivity contribution in [3.05, 3.63) is 52.3 Å². The van der Waals surface area contributed by atoms with E-state index in [0.717, 1.165) is 19.0 Å². The molecule has 2 aromatic heterocycles. The van der Waals surface area contributed by atoms with Gasteiger partial charge in [-0.15, -0.1) is 0 Å². The van der Waals surface area contributed by atoms with E-state index >= 15 is 0 Å². The van der Waals surface area contributed by atoms with Crippen LogP contribution in [0, 0.1) is 0 Å². The maximum Gasteiger partial charge on any atom is 0.451 e. The van der Waals surface area contributed by atoms with Gasteiger partial charge in [0.1, 0.15) is 5.82 Å². The van der Waals surface area contributed by atoms with Crippen molar-refractivity contribution < 1.29 is 26.3 Å². The smallest absolute Gasteiger partial charge is 0.350 e. The minimum Gasteiger partial charge on any atom is -0.350 e. The minimum absolute atomic E-state index is 0.00468. The highest BCUT2D eigenvalue weighted by molar-refractivity contribution is 9.10. The van der Waals surface area contributed by atoms with Gasteiger partial charge in [0.2, 0.25) is 16.5 Å². The van der Waals surface area contributed by atoms with Crippen LogP contribution in [0.5, 0.6) is 0 Å². The summed E-state index contributed by atoms with van der Waals surface area (Å²) in [5.74, 6) is -1.37. The number of halogens is 7. The summed E-state index contributed by atoms with van der Waals surface area (Å²) < 4.78 is 78.9. The van der Waals surface area contributed by atoms with Crippen LogP contribution in [-0.4, -0.2) is 24.5 Å². The van der Waals surface area contributed by atoms with Crippen molar-refractivity contribution in [3.8, 4) is 11.4 Å². The first kappa shape index (κ1) is 21.5. The number of alkyl halides is 6. The van der Waals surface area contributed by atoms with Crippen molar-refractivity contribution in [2.75, 3.05) is 5.32 Å². The Labute approximate surface area is 179 Å². The average molecular weight is 507 g/mol. The van der Waals surface area contributed by atoms with Crippen LogP contribution in [-0.2, 0) is 18.9 Å². The number of aromatic nitrogens is 5. The van der Waals surface area contributed by atoms with Crippen LogP contribution in [0.3, 0.4) is 0 Å². The molecule has 0 atom stereocenters. The summed E-state index contributed by atoms with van der Waals surface area (Å²) in [5, 5.41) is 2.68. The van der Waals surface area contributed by atoms with E-state index < -0.39 is 23.9 Å². The number of anilines is 1. The van der Waals surface area contributed by atoms with Crippen LogP contribution >= 0.6 is 15.9 Å². The predicted octanol–water partition coefficient (Wildman–Crippen LogP) is 5.48. The standard InChI is InChI=1S/C18H13BrF6N6/c19-15-28-14(18(23,24)25)29-16(30-15)26-7-9-1-3-10(4-2-9)13-27-12(17(20,21)22)8-31(13)11-5-6-11/h1-4,8,11H,5-7H2,(H,26,28,29,30). The van der Waals surface area contributed by atoms with E-state index in [9.17, 15) is 26.3 Å². The number of nitrogens with one attached hydrogen (secondary N) is 1. The number of nitrogens with zero attached hydrogens (tertiary/aromatic N) is 5. The molecular formula is C18H13BrF6N6. The molecule has 1 N–H and O–H groups in total. The monoisotopic (exact) mass is 506 g/mol. The predicted molar refractivity (Wildman–Crippen MR) is 101 cm³/mol. The summed E-state index contributed by atoms with van der Waals surface area (Å²) in [6.07, 6.45) is -6.64. The molecule has 0 amide bonds. The van der Waals surface area contributed by atoms with E-state index in [1.165, 1.54) is 4.57 Å². The Bertz CT molecular complexity index is 1090. The maximum atomic E-state index is 13.1. The van der Waals surface area contributed by atoms with Gasteiger partial charge >= 0.3 is 12.4 Å².